The molecular formula is C18H22O2. The molecule has 2 nitrogen and oxygen atoms in total. The van der Waals surface area contributed by atoms with E-state index < -0.39 is 6.10 Å². The number of hydrogen-bond acceptors (Lipinski definition) is 2. The van der Waals surface area contributed by atoms with Gasteiger partial charge < -0.3 is 9.84 Å². The van der Waals surface area contributed by atoms with Crippen LogP contribution in [0.2, 0.25) is 0 Å². The summed E-state index contributed by atoms with van der Waals surface area (Å²) in [6, 6.07) is 18.1. The maximum absolute atomic E-state index is 10.2. The Morgan fingerprint density at radius 3 is 2.35 bits per heavy atom. The molecule has 0 heterocycles. The summed E-state index contributed by atoms with van der Waals surface area (Å²) in [6.45, 7) is 2.63. The van der Waals surface area contributed by atoms with Gasteiger partial charge in [0.05, 0.1) is 12.7 Å². The van der Waals surface area contributed by atoms with Crippen molar-refractivity contribution in [2.45, 2.75) is 32.3 Å². The maximum atomic E-state index is 10.2. The molecule has 106 valence electrons. The van der Waals surface area contributed by atoms with Gasteiger partial charge in [-0.15, -0.1) is 0 Å². The highest BCUT2D eigenvalue weighted by molar-refractivity contribution is 5.28. The molecule has 0 amide bonds. The molecule has 2 heteroatoms. The zero-order chi connectivity index (χ0) is 14.2. The van der Waals surface area contributed by atoms with Gasteiger partial charge in [0.1, 0.15) is 5.75 Å². The molecule has 2 aromatic rings. The highest BCUT2D eigenvalue weighted by atomic mass is 16.5. The number of hydrogen-bond donors (Lipinski definition) is 1. The van der Waals surface area contributed by atoms with Crippen molar-refractivity contribution in [3.05, 3.63) is 65.7 Å². The van der Waals surface area contributed by atoms with Gasteiger partial charge in [0, 0.05) is 0 Å². The zero-order valence-corrected chi connectivity index (χ0v) is 12.0. The van der Waals surface area contributed by atoms with E-state index in [9.17, 15) is 5.11 Å². The van der Waals surface area contributed by atoms with Crippen LogP contribution in [0.1, 0.15) is 37.0 Å². The fraction of sp³-hybridized carbons (Fsp3) is 0.333. The second-order valence-electron chi connectivity index (χ2n) is 4.90. The van der Waals surface area contributed by atoms with E-state index >= 15 is 0 Å². The largest absolute Gasteiger partial charge is 0.494 e. The maximum Gasteiger partial charge on any atom is 0.119 e. The topological polar surface area (TPSA) is 29.5 Å². The highest BCUT2D eigenvalue weighted by Gasteiger charge is 2.07. The quantitative estimate of drug-likeness (QED) is 0.819. The molecule has 0 bridgehead atoms. The first kappa shape index (κ1) is 14.6. The van der Waals surface area contributed by atoms with Crippen LogP contribution >= 0.6 is 0 Å². The molecule has 20 heavy (non-hydrogen) atoms. The second-order valence-corrected chi connectivity index (χ2v) is 4.90. The number of rotatable bonds is 7. The molecule has 0 aliphatic rings. The number of ether oxygens (including phenoxy) is 1. The number of aliphatic hydroxyl groups excluding tert-OH is 1. The lowest BCUT2D eigenvalue weighted by Crippen LogP contribution is -1.99. The Hall–Kier alpha value is -1.80. The van der Waals surface area contributed by atoms with Crippen molar-refractivity contribution in [2.24, 2.45) is 0 Å². The minimum Gasteiger partial charge on any atom is -0.494 e. The van der Waals surface area contributed by atoms with Crippen LogP contribution in [0, 0.1) is 0 Å². The smallest absolute Gasteiger partial charge is 0.119 e. The minimum absolute atomic E-state index is 0.394. The van der Waals surface area contributed by atoms with Gasteiger partial charge in [0.2, 0.25) is 0 Å². The summed E-state index contributed by atoms with van der Waals surface area (Å²) in [5.41, 5.74) is 2.29. The standard InChI is InChI=1S/C18H22O2/c1-2-20-17-13-11-16(12-14-17)18(19)10-6-9-15-7-4-3-5-8-15/h3-5,7-8,11-14,18-19H,2,6,9-10H2,1H3. The van der Waals surface area contributed by atoms with Crippen molar-refractivity contribution in [3.8, 4) is 5.75 Å². The molecule has 0 aromatic heterocycles. The minimum atomic E-state index is -0.394. The van der Waals surface area contributed by atoms with E-state index in [0.29, 0.717) is 6.61 Å². The third kappa shape index (κ3) is 4.39. The summed E-state index contributed by atoms with van der Waals surface area (Å²) in [7, 11) is 0. The van der Waals surface area contributed by atoms with E-state index in [4.69, 9.17) is 4.74 Å². The SMILES string of the molecule is CCOc1ccc(C(O)CCCc2ccccc2)cc1. The van der Waals surface area contributed by atoms with Gasteiger partial charge in [0.25, 0.3) is 0 Å². The Morgan fingerprint density at radius 1 is 1.00 bits per heavy atom. The first-order valence-electron chi connectivity index (χ1n) is 7.24. The Balaban J connectivity index is 1.80. The van der Waals surface area contributed by atoms with Crippen molar-refractivity contribution in [1.82, 2.24) is 0 Å². The fourth-order valence-electron chi connectivity index (χ4n) is 2.26. The zero-order valence-electron chi connectivity index (χ0n) is 12.0. The predicted molar refractivity (Wildman–Crippen MR) is 82.0 cm³/mol. The van der Waals surface area contributed by atoms with Crippen molar-refractivity contribution in [3.63, 3.8) is 0 Å². The Morgan fingerprint density at radius 2 is 1.70 bits per heavy atom. The molecule has 1 N–H and O–H groups in total. The van der Waals surface area contributed by atoms with Gasteiger partial charge in [-0.3, -0.25) is 0 Å². The summed E-state index contributed by atoms with van der Waals surface area (Å²) in [5.74, 6) is 0.854. The van der Waals surface area contributed by atoms with E-state index in [-0.39, 0.29) is 0 Å². The van der Waals surface area contributed by atoms with Gasteiger partial charge >= 0.3 is 0 Å². The van der Waals surface area contributed by atoms with Gasteiger partial charge in [-0.05, 0) is 49.4 Å². The highest BCUT2D eigenvalue weighted by Crippen LogP contribution is 2.22. The first-order valence-corrected chi connectivity index (χ1v) is 7.24. The van der Waals surface area contributed by atoms with Gasteiger partial charge in [-0.25, -0.2) is 0 Å². The summed E-state index contributed by atoms with van der Waals surface area (Å²) < 4.78 is 5.40. The lowest BCUT2D eigenvalue weighted by molar-refractivity contribution is 0.164. The molecule has 1 atom stereocenters. The van der Waals surface area contributed by atoms with Crippen LogP contribution in [-0.4, -0.2) is 11.7 Å². The number of aryl methyl sites for hydroxylation is 1. The third-order valence-corrected chi connectivity index (χ3v) is 3.36. The lowest BCUT2D eigenvalue weighted by atomic mass is 10.0. The summed E-state index contributed by atoms with van der Waals surface area (Å²) >= 11 is 0. The molecule has 2 aromatic carbocycles. The molecule has 0 spiro atoms. The monoisotopic (exact) mass is 270 g/mol. The van der Waals surface area contributed by atoms with Crippen LogP contribution in [0.15, 0.2) is 54.6 Å². The molecule has 0 radical (unpaired) electrons. The van der Waals surface area contributed by atoms with E-state index in [1.54, 1.807) is 0 Å². The molecule has 0 fully saturated rings. The van der Waals surface area contributed by atoms with Crippen molar-refractivity contribution in [2.75, 3.05) is 6.61 Å². The van der Waals surface area contributed by atoms with Gasteiger partial charge in [-0.1, -0.05) is 42.5 Å². The Labute approximate surface area is 121 Å². The van der Waals surface area contributed by atoms with Crippen LogP contribution in [0.4, 0.5) is 0 Å². The molecule has 2 rings (SSSR count). The second kappa shape index (κ2) is 7.71. The third-order valence-electron chi connectivity index (χ3n) is 3.36. The van der Waals surface area contributed by atoms with Crippen molar-refractivity contribution < 1.29 is 9.84 Å². The molecule has 0 aliphatic carbocycles. The summed E-state index contributed by atoms with van der Waals surface area (Å²) in [5, 5.41) is 10.2. The molecular weight excluding hydrogens is 248 g/mol. The average Bonchev–Trinajstić information content (AvgIpc) is 2.49. The van der Waals surface area contributed by atoms with Crippen LogP contribution in [-0.2, 0) is 6.42 Å². The van der Waals surface area contributed by atoms with Crippen LogP contribution in [0.25, 0.3) is 0 Å². The Kier molecular flexibility index (Phi) is 5.63. The molecule has 0 saturated carbocycles. The van der Waals surface area contributed by atoms with Crippen molar-refractivity contribution >= 4 is 0 Å². The van der Waals surface area contributed by atoms with Gasteiger partial charge in [-0.2, -0.15) is 0 Å². The van der Waals surface area contributed by atoms with E-state index in [2.05, 4.69) is 24.3 Å². The number of benzene rings is 2. The van der Waals surface area contributed by atoms with E-state index in [0.717, 1.165) is 30.6 Å². The molecule has 1 unspecified atom stereocenters. The lowest BCUT2D eigenvalue weighted by Gasteiger charge is -2.12. The molecule has 0 saturated heterocycles. The van der Waals surface area contributed by atoms with Crippen molar-refractivity contribution in [1.29, 1.82) is 0 Å². The fourth-order valence-corrected chi connectivity index (χ4v) is 2.26. The number of aliphatic hydroxyl groups is 1. The van der Waals surface area contributed by atoms with E-state index in [1.165, 1.54) is 5.56 Å². The van der Waals surface area contributed by atoms with Gasteiger partial charge in [0.15, 0.2) is 0 Å². The first-order chi connectivity index (χ1) is 9.79. The normalized spacial score (nSPS) is 12.1. The Bertz CT molecular complexity index is 491. The summed E-state index contributed by atoms with van der Waals surface area (Å²) in [6.07, 6.45) is 2.38. The summed E-state index contributed by atoms with van der Waals surface area (Å²) in [4.78, 5) is 0. The molecule has 0 aliphatic heterocycles. The van der Waals surface area contributed by atoms with Crippen LogP contribution < -0.4 is 4.74 Å². The van der Waals surface area contributed by atoms with Crippen LogP contribution in [0.3, 0.4) is 0 Å². The predicted octanol–water partition coefficient (Wildman–Crippen LogP) is 4.14. The average molecular weight is 270 g/mol. The van der Waals surface area contributed by atoms with Crippen LogP contribution in [0.5, 0.6) is 5.75 Å². The van der Waals surface area contributed by atoms with E-state index in [1.807, 2.05) is 37.3 Å².